The summed E-state index contributed by atoms with van der Waals surface area (Å²) >= 11 is 1.31. The Balaban J connectivity index is 2.82. The van der Waals surface area contributed by atoms with Gasteiger partial charge in [-0.3, -0.25) is 4.79 Å². The van der Waals surface area contributed by atoms with Gasteiger partial charge in [0.15, 0.2) is 6.29 Å². The third-order valence-corrected chi connectivity index (χ3v) is 2.76. The van der Waals surface area contributed by atoms with Crippen LogP contribution >= 0.6 is 11.3 Å². The van der Waals surface area contributed by atoms with Crippen molar-refractivity contribution in [2.45, 2.75) is 0 Å². The molecule has 1 aromatic heterocycles. The van der Waals surface area contributed by atoms with E-state index in [0.29, 0.717) is 4.88 Å². The molecular weight excluding hydrogens is 172 g/mol. The van der Waals surface area contributed by atoms with E-state index in [0.717, 1.165) is 16.4 Å². The fourth-order valence-electron chi connectivity index (χ4n) is 1.13. The van der Waals surface area contributed by atoms with Crippen LogP contribution in [0.3, 0.4) is 0 Å². The maximum absolute atomic E-state index is 10.4. The van der Waals surface area contributed by atoms with Crippen molar-refractivity contribution in [2.75, 3.05) is 0 Å². The first-order chi connectivity index (χ1) is 5.81. The minimum Gasteiger partial charge on any atom is -0.506 e. The number of hydrogen-bond donors (Lipinski definition) is 1. The number of hydrogen-bond acceptors (Lipinski definition) is 3. The monoisotopic (exact) mass is 178 g/mol. The molecule has 1 heterocycles. The van der Waals surface area contributed by atoms with E-state index < -0.39 is 0 Å². The summed E-state index contributed by atoms with van der Waals surface area (Å²) in [6.45, 7) is 0. The summed E-state index contributed by atoms with van der Waals surface area (Å²) in [7, 11) is 0. The molecule has 1 N–H and O–H groups in total. The molecule has 0 aliphatic heterocycles. The number of rotatable bonds is 1. The number of thiophene rings is 1. The van der Waals surface area contributed by atoms with E-state index in [2.05, 4.69) is 0 Å². The van der Waals surface area contributed by atoms with E-state index in [1.165, 1.54) is 11.3 Å². The topological polar surface area (TPSA) is 37.3 Å². The first-order valence-corrected chi connectivity index (χ1v) is 4.29. The van der Waals surface area contributed by atoms with E-state index in [4.69, 9.17) is 0 Å². The molecule has 0 saturated heterocycles. The molecule has 0 aliphatic rings. The highest BCUT2D eigenvalue weighted by Crippen LogP contribution is 2.31. The van der Waals surface area contributed by atoms with Gasteiger partial charge in [0.2, 0.25) is 0 Å². The number of benzene rings is 1. The van der Waals surface area contributed by atoms with Crippen LogP contribution in [0.25, 0.3) is 10.1 Å². The second-order valence-electron chi connectivity index (χ2n) is 2.46. The van der Waals surface area contributed by atoms with E-state index in [1.54, 1.807) is 18.2 Å². The number of aldehydes is 1. The molecule has 3 heteroatoms. The molecule has 0 spiro atoms. The summed E-state index contributed by atoms with van der Waals surface area (Å²) in [4.78, 5) is 11.1. The molecule has 0 fully saturated rings. The van der Waals surface area contributed by atoms with Gasteiger partial charge in [0.25, 0.3) is 0 Å². The van der Waals surface area contributed by atoms with Crippen LogP contribution in [0, 0.1) is 0 Å². The molecule has 0 radical (unpaired) electrons. The van der Waals surface area contributed by atoms with E-state index in [-0.39, 0.29) is 5.75 Å². The number of fused-ring (bicyclic) bond motifs is 1. The maximum atomic E-state index is 10.4. The fraction of sp³-hybridized carbons (Fsp3) is 0. The van der Waals surface area contributed by atoms with Crippen molar-refractivity contribution >= 4 is 27.7 Å². The second-order valence-corrected chi connectivity index (χ2v) is 3.55. The van der Waals surface area contributed by atoms with Crippen LogP contribution in [-0.2, 0) is 0 Å². The normalized spacial score (nSPS) is 10.3. The molecule has 0 unspecified atom stereocenters. The highest BCUT2D eigenvalue weighted by Gasteiger charge is 2.03. The first kappa shape index (κ1) is 7.31. The zero-order chi connectivity index (χ0) is 8.55. The zero-order valence-electron chi connectivity index (χ0n) is 6.15. The van der Waals surface area contributed by atoms with E-state index in [9.17, 15) is 9.90 Å². The number of carbonyl (C=O) groups is 1. The lowest BCUT2D eigenvalue weighted by Gasteiger charge is -1.90. The smallest absolute Gasteiger partial charge is 0.160 e. The van der Waals surface area contributed by atoms with Crippen molar-refractivity contribution in [3.05, 3.63) is 29.1 Å². The van der Waals surface area contributed by atoms with Gasteiger partial charge in [0.1, 0.15) is 5.75 Å². The van der Waals surface area contributed by atoms with Gasteiger partial charge in [-0.15, -0.1) is 11.3 Å². The molecule has 0 aliphatic carbocycles. The average molecular weight is 178 g/mol. The van der Waals surface area contributed by atoms with Crippen LogP contribution in [0.4, 0.5) is 0 Å². The Morgan fingerprint density at radius 2 is 2.25 bits per heavy atom. The van der Waals surface area contributed by atoms with Gasteiger partial charge in [0.05, 0.1) is 9.58 Å². The minimum atomic E-state index is 0.241. The molecule has 0 atom stereocenters. The Morgan fingerprint density at radius 3 is 2.92 bits per heavy atom. The van der Waals surface area contributed by atoms with Crippen LogP contribution in [0.1, 0.15) is 9.67 Å². The van der Waals surface area contributed by atoms with Gasteiger partial charge >= 0.3 is 0 Å². The molecule has 2 aromatic rings. The van der Waals surface area contributed by atoms with Crippen molar-refractivity contribution < 1.29 is 9.90 Å². The highest BCUT2D eigenvalue weighted by atomic mass is 32.1. The standard InChI is InChI=1S/C9H6O2S/c10-5-7-4-6-2-1-3-8(11)9(6)12-7/h1-5,11H. The van der Waals surface area contributed by atoms with Crippen molar-refractivity contribution in [3.63, 3.8) is 0 Å². The van der Waals surface area contributed by atoms with Crippen LogP contribution in [0.15, 0.2) is 24.3 Å². The van der Waals surface area contributed by atoms with E-state index in [1.807, 2.05) is 6.07 Å². The molecule has 1 aromatic carbocycles. The Kier molecular flexibility index (Phi) is 1.59. The summed E-state index contributed by atoms with van der Waals surface area (Å²) in [5.74, 6) is 0.241. The van der Waals surface area contributed by atoms with Gasteiger partial charge in [-0.25, -0.2) is 0 Å². The van der Waals surface area contributed by atoms with Crippen LogP contribution in [0.5, 0.6) is 5.75 Å². The third kappa shape index (κ3) is 0.987. The summed E-state index contributed by atoms with van der Waals surface area (Å²) in [6.07, 6.45) is 0.796. The number of phenolic OH excluding ortho intramolecular Hbond substituents is 1. The van der Waals surface area contributed by atoms with Crippen LogP contribution in [0.2, 0.25) is 0 Å². The average Bonchev–Trinajstić information content (AvgIpc) is 2.49. The molecule has 2 rings (SSSR count). The van der Waals surface area contributed by atoms with Crippen molar-refractivity contribution in [3.8, 4) is 5.75 Å². The lowest BCUT2D eigenvalue weighted by atomic mass is 10.2. The third-order valence-electron chi connectivity index (χ3n) is 1.66. The summed E-state index contributed by atoms with van der Waals surface area (Å²) in [5, 5.41) is 10.3. The Hall–Kier alpha value is -1.35. The zero-order valence-corrected chi connectivity index (χ0v) is 6.97. The molecule has 0 bridgehead atoms. The second kappa shape index (κ2) is 2.60. The summed E-state index contributed by atoms with van der Waals surface area (Å²) in [5.41, 5.74) is 0. The number of aromatic hydroxyl groups is 1. The van der Waals surface area contributed by atoms with Crippen LogP contribution < -0.4 is 0 Å². The van der Waals surface area contributed by atoms with E-state index >= 15 is 0 Å². The maximum Gasteiger partial charge on any atom is 0.160 e. The SMILES string of the molecule is O=Cc1cc2cccc(O)c2s1. The predicted molar refractivity (Wildman–Crippen MR) is 48.9 cm³/mol. The lowest BCUT2D eigenvalue weighted by Crippen LogP contribution is -1.63. The minimum absolute atomic E-state index is 0.241. The Morgan fingerprint density at radius 1 is 1.42 bits per heavy atom. The summed E-state index contributed by atoms with van der Waals surface area (Å²) < 4.78 is 0.777. The van der Waals surface area contributed by atoms with Gasteiger partial charge in [-0.2, -0.15) is 0 Å². The molecule has 0 amide bonds. The quantitative estimate of drug-likeness (QED) is 0.681. The van der Waals surface area contributed by atoms with Gasteiger partial charge in [-0.05, 0) is 17.5 Å². The van der Waals surface area contributed by atoms with Crippen LogP contribution in [-0.4, -0.2) is 11.4 Å². The molecular formula is C9H6O2S. The van der Waals surface area contributed by atoms with Gasteiger partial charge < -0.3 is 5.11 Å². The Labute approximate surface area is 73.1 Å². The fourth-order valence-corrected chi connectivity index (χ4v) is 2.01. The molecule has 2 nitrogen and oxygen atoms in total. The predicted octanol–water partition coefficient (Wildman–Crippen LogP) is 2.42. The Bertz CT molecular complexity index is 431. The molecule has 12 heavy (non-hydrogen) atoms. The van der Waals surface area contributed by atoms with Gasteiger partial charge in [-0.1, -0.05) is 12.1 Å². The highest BCUT2D eigenvalue weighted by molar-refractivity contribution is 7.20. The molecule has 60 valence electrons. The lowest BCUT2D eigenvalue weighted by molar-refractivity contribution is 0.112. The largest absolute Gasteiger partial charge is 0.506 e. The number of carbonyl (C=O) groups excluding carboxylic acids is 1. The first-order valence-electron chi connectivity index (χ1n) is 3.48. The van der Waals surface area contributed by atoms with Crippen molar-refractivity contribution in [2.24, 2.45) is 0 Å². The summed E-state index contributed by atoms with van der Waals surface area (Å²) in [6, 6.07) is 7.03. The number of phenols is 1. The molecule has 0 saturated carbocycles. The van der Waals surface area contributed by atoms with Crippen molar-refractivity contribution in [1.29, 1.82) is 0 Å². The van der Waals surface area contributed by atoms with Crippen molar-refractivity contribution in [1.82, 2.24) is 0 Å². The van der Waals surface area contributed by atoms with Gasteiger partial charge in [0, 0.05) is 0 Å².